The molecular weight excluding hydrogens is 229 g/mol. The fraction of sp³-hybridized carbons (Fsp3) is 0.200. The smallest absolute Gasteiger partial charge is 0.137 e. The third kappa shape index (κ3) is 3.77. The van der Waals surface area contributed by atoms with Crippen molar-refractivity contribution >= 4 is 5.78 Å². The molecule has 2 rings (SSSR count). The highest BCUT2D eigenvalue weighted by atomic mass is 19.1. The number of hydrogen-bond donors (Lipinski definition) is 0. The van der Waals surface area contributed by atoms with Gasteiger partial charge in [0.2, 0.25) is 0 Å². The molecule has 1 heterocycles. The first-order valence-corrected chi connectivity index (χ1v) is 5.90. The number of rotatable bonds is 5. The number of Topliss-reactive ketones (excluding diaryl/α,β-unsaturated/α-hetero) is 1. The van der Waals surface area contributed by atoms with Gasteiger partial charge in [0.1, 0.15) is 11.6 Å². The summed E-state index contributed by atoms with van der Waals surface area (Å²) in [5.74, 6) is -0.132. The van der Waals surface area contributed by atoms with Crippen LogP contribution in [0.15, 0.2) is 48.7 Å². The van der Waals surface area contributed by atoms with Crippen LogP contribution < -0.4 is 0 Å². The van der Waals surface area contributed by atoms with Gasteiger partial charge in [-0.05, 0) is 36.2 Å². The van der Waals surface area contributed by atoms with Crippen molar-refractivity contribution in [1.82, 2.24) is 4.98 Å². The van der Waals surface area contributed by atoms with E-state index in [1.54, 1.807) is 18.3 Å². The van der Waals surface area contributed by atoms with E-state index >= 15 is 0 Å². The molecule has 0 atom stereocenters. The Balaban J connectivity index is 1.84. The number of aromatic nitrogens is 1. The van der Waals surface area contributed by atoms with E-state index in [1.807, 2.05) is 18.2 Å². The zero-order valence-electron chi connectivity index (χ0n) is 9.97. The highest BCUT2D eigenvalue weighted by Gasteiger charge is 2.05. The number of carbonyl (C=O) groups excluding carboxylic acids is 1. The highest BCUT2D eigenvalue weighted by molar-refractivity contribution is 5.81. The fourth-order valence-electron chi connectivity index (χ4n) is 1.73. The van der Waals surface area contributed by atoms with E-state index < -0.39 is 0 Å². The van der Waals surface area contributed by atoms with Crippen molar-refractivity contribution < 1.29 is 9.18 Å². The van der Waals surface area contributed by atoms with Crippen LogP contribution in [0.3, 0.4) is 0 Å². The first-order chi connectivity index (χ1) is 8.74. The summed E-state index contributed by atoms with van der Waals surface area (Å²) in [7, 11) is 0. The van der Waals surface area contributed by atoms with Crippen LogP contribution in [-0.2, 0) is 17.6 Å². The molecule has 1 aromatic heterocycles. The summed E-state index contributed by atoms with van der Waals surface area (Å²) in [5, 5.41) is 0. The molecule has 0 saturated carbocycles. The Morgan fingerprint density at radius 2 is 1.89 bits per heavy atom. The standard InChI is InChI=1S/C15H14FNO/c16-13-6-4-12(5-7-13)11-15(18)9-8-14-3-1-2-10-17-14/h1-7,10H,8-9,11H2. The number of nitrogens with zero attached hydrogens (tertiary/aromatic N) is 1. The Hall–Kier alpha value is -2.03. The molecule has 2 nitrogen and oxygen atoms in total. The van der Waals surface area contributed by atoms with Gasteiger partial charge in [-0.1, -0.05) is 18.2 Å². The number of hydrogen-bond acceptors (Lipinski definition) is 2. The summed E-state index contributed by atoms with van der Waals surface area (Å²) < 4.78 is 12.7. The van der Waals surface area contributed by atoms with Gasteiger partial charge in [0.25, 0.3) is 0 Å². The van der Waals surface area contributed by atoms with Crippen molar-refractivity contribution in [2.24, 2.45) is 0 Å². The normalized spacial score (nSPS) is 10.3. The largest absolute Gasteiger partial charge is 0.299 e. The highest BCUT2D eigenvalue weighted by Crippen LogP contribution is 2.06. The lowest BCUT2D eigenvalue weighted by Gasteiger charge is -2.01. The zero-order valence-corrected chi connectivity index (χ0v) is 9.97. The third-order valence-corrected chi connectivity index (χ3v) is 2.70. The maximum atomic E-state index is 12.7. The molecule has 0 fully saturated rings. The van der Waals surface area contributed by atoms with Crippen LogP contribution >= 0.6 is 0 Å². The van der Waals surface area contributed by atoms with Gasteiger partial charge in [0.15, 0.2) is 0 Å². The van der Waals surface area contributed by atoms with E-state index in [0.717, 1.165) is 11.3 Å². The van der Waals surface area contributed by atoms with Crippen molar-refractivity contribution in [3.05, 3.63) is 65.7 Å². The van der Waals surface area contributed by atoms with E-state index in [1.165, 1.54) is 12.1 Å². The van der Waals surface area contributed by atoms with Crippen molar-refractivity contribution in [1.29, 1.82) is 0 Å². The Bertz CT molecular complexity index is 508. The maximum absolute atomic E-state index is 12.7. The molecule has 0 radical (unpaired) electrons. The molecule has 0 spiro atoms. The van der Waals surface area contributed by atoms with E-state index in [4.69, 9.17) is 0 Å². The predicted molar refractivity (Wildman–Crippen MR) is 67.7 cm³/mol. The number of pyridine rings is 1. The van der Waals surface area contributed by atoms with E-state index in [2.05, 4.69) is 4.98 Å². The number of ketones is 1. The lowest BCUT2D eigenvalue weighted by atomic mass is 10.0. The molecule has 1 aromatic carbocycles. The van der Waals surface area contributed by atoms with Gasteiger partial charge in [-0.15, -0.1) is 0 Å². The van der Waals surface area contributed by atoms with Crippen LogP contribution in [0, 0.1) is 5.82 Å². The van der Waals surface area contributed by atoms with Gasteiger partial charge in [-0.2, -0.15) is 0 Å². The average molecular weight is 243 g/mol. The fourth-order valence-corrected chi connectivity index (χ4v) is 1.73. The molecule has 0 aliphatic carbocycles. The van der Waals surface area contributed by atoms with Crippen molar-refractivity contribution in [2.45, 2.75) is 19.3 Å². The second kappa shape index (κ2) is 6.05. The predicted octanol–water partition coefficient (Wildman–Crippen LogP) is 2.97. The van der Waals surface area contributed by atoms with E-state index in [9.17, 15) is 9.18 Å². The van der Waals surface area contributed by atoms with Gasteiger partial charge in [0, 0.05) is 24.7 Å². The molecule has 0 N–H and O–H groups in total. The summed E-state index contributed by atoms with van der Waals surface area (Å²) in [6.07, 6.45) is 3.20. The Morgan fingerprint density at radius 3 is 2.56 bits per heavy atom. The Morgan fingerprint density at radius 1 is 1.11 bits per heavy atom. The molecule has 3 heteroatoms. The van der Waals surface area contributed by atoms with Crippen molar-refractivity contribution in [2.75, 3.05) is 0 Å². The number of carbonyl (C=O) groups is 1. The van der Waals surface area contributed by atoms with Crippen LogP contribution in [0.1, 0.15) is 17.7 Å². The summed E-state index contributed by atoms with van der Waals surface area (Å²) in [4.78, 5) is 15.9. The second-order valence-electron chi connectivity index (χ2n) is 4.16. The van der Waals surface area contributed by atoms with Gasteiger partial charge < -0.3 is 0 Å². The molecule has 0 aliphatic heterocycles. The second-order valence-corrected chi connectivity index (χ2v) is 4.16. The Kier molecular flexibility index (Phi) is 4.18. The minimum absolute atomic E-state index is 0.146. The molecule has 0 unspecified atom stereocenters. The van der Waals surface area contributed by atoms with Crippen LogP contribution in [0.4, 0.5) is 4.39 Å². The van der Waals surface area contributed by atoms with Gasteiger partial charge in [0.05, 0.1) is 0 Å². The summed E-state index contributed by atoms with van der Waals surface area (Å²) >= 11 is 0. The molecule has 18 heavy (non-hydrogen) atoms. The van der Waals surface area contributed by atoms with Gasteiger partial charge >= 0.3 is 0 Å². The third-order valence-electron chi connectivity index (χ3n) is 2.70. The minimum atomic E-state index is -0.278. The van der Waals surface area contributed by atoms with E-state index in [0.29, 0.717) is 19.3 Å². The molecule has 0 aliphatic rings. The molecule has 92 valence electrons. The monoisotopic (exact) mass is 243 g/mol. The molecule has 0 bridgehead atoms. The molecule has 0 amide bonds. The summed E-state index contributed by atoms with van der Waals surface area (Å²) in [6.45, 7) is 0. The molecule has 0 saturated heterocycles. The van der Waals surface area contributed by atoms with Gasteiger partial charge in [-0.25, -0.2) is 4.39 Å². The van der Waals surface area contributed by atoms with Crippen LogP contribution in [0.5, 0.6) is 0 Å². The zero-order chi connectivity index (χ0) is 12.8. The van der Waals surface area contributed by atoms with Gasteiger partial charge in [-0.3, -0.25) is 9.78 Å². The molecule has 2 aromatic rings. The number of halogens is 1. The Labute approximate surface area is 105 Å². The van der Waals surface area contributed by atoms with Crippen LogP contribution in [-0.4, -0.2) is 10.8 Å². The SMILES string of the molecule is O=C(CCc1ccccn1)Cc1ccc(F)cc1. The lowest BCUT2D eigenvalue weighted by Crippen LogP contribution is -2.05. The quantitative estimate of drug-likeness (QED) is 0.808. The van der Waals surface area contributed by atoms with Crippen molar-refractivity contribution in [3.8, 4) is 0 Å². The van der Waals surface area contributed by atoms with Crippen molar-refractivity contribution in [3.63, 3.8) is 0 Å². The summed E-state index contributed by atoms with van der Waals surface area (Å²) in [6, 6.07) is 11.7. The maximum Gasteiger partial charge on any atom is 0.137 e. The van der Waals surface area contributed by atoms with Crippen LogP contribution in [0.2, 0.25) is 0 Å². The van der Waals surface area contributed by atoms with E-state index in [-0.39, 0.29) is 11.6 Å². The summed E-state index contributed by atoms with van der Waals surface area (Å²) in [5.41, 5.74) is 1.77. The molecular formula is C15H14FNO. The first-order valence-electron chi connectivity index (χ1n) is 5.90. The average Bonchev–Trinajstić information content (AvgIpc) is 2.40. The lowest BCUT2D eigenvalue weighted by molar-refractivity contribution is -0.118. The van der Waals surface area contributed by atoms with Crippen LogP contribution in [0.25, 0.3) is 0 Å². The first kappa shape index (κ1) is 12.4. The number of aryl methyl sites for hydroxylation is 1. The minimum Gasteiger partial charge on any atom is -0.299 e. The topological polar surface area (TPSA) is 30.0 Å². The number of benzene rings is 1.